The van der Waals surface area contributed by atoms with Crippen molar-refractivity contribution >= 4 is 35.5 Å². The number of hydrogen-bond donors (Lipinski definition) is 0. The van der Waals surface area contributed by atoms with Crippen molar-refractivity contribution in [3.63, 3.8) is 0 Å². The monoisotopic (exact) mass is 525 g/mol. The van der Waals surface area contributed by atoms with E-state index in [1.54, 1.807) is 13.8 Å². The highest BCUT2D eigenvalue weighted by Gasteiger charge is 2.31. The molecule has 186 valence electrons. The maximum atomic E-state index is 12.8. The zero-order chi connectivity index (χ0) is 26.2. The Hall–Kier alpha value is -1.61. The van der Waals surface area contributed by atoms with Gasteiger partial charge in [0.25, 0.3) is 6.85 Å². The van der Waals surface area contributed by atoms with Crippen LogP contribution in [0.3, 0.4) is 0 Å². The molecule has 2 aromatic rings. The average Bonchev–Trinajstić information content (AvgIpc) is 2.60. The van der Waals surface area contributed by atoms with Gasteiger partial charge in [0.05, 0.1) is 0 Å². The molecular weight excluding hydrogens is 490 g/mol. The van der Waals surface area contributed by atoms with Gasteiger partial charge in [-0.25, -0.2) is 4.79 Å². The minimum absolute atomic E-state index is 0.246. The second-order valence-electron chi connectivity index (χ2n) is 11.4. The highest BCUT2D eigenvalue weighted by Crippen LogP contribution is 2.54. The summed E-state index contributed by atoms with van der Waals surface area (Å²) in [6.45, 7) is 22.0. The van der Waals surface area contributed by atoms with Crippen LogP contribution in [-0.4, -0.2) is 11.8 Å². The highest BCUT2D eigenvalue weighted by atomic mass is 35.9. The van der Waals surface area contributed by atoms with Crippen LogP contribution in [0.1, 0.15) is 77.6 Å². The number of carbonyl (C=O) groups excluding carboxylic acids is 1. The molecule has 0 heterocycles. The first-order valence-electron chi connectivity index (χ1n) is 11.2. The number of hydrogen-bond acceptors (Lipinski definition) is 4. The second kappa shape index (κ2) is 10.2. The third-order valence-corrected chi connectivity index (χ3v) is 5.81. The van der Waals surface area contributed by atoms with Gasteiger partial charge in [-0.2, -0.15) is 0 Å². The minimum atomic E-state index is -1.74. The van der Waals surface area contributed by atoms with E-state index in [4.69, 9.17) is 36.5 Å². The third-order valence-electron chi connectivity index (χ3n) is 5.08. The predicted octanol–water partition coefficient (Wildman–Crippen LogP) is 9.78. The number of benzene rings is 2. The molecule has 0 aliphatic carbocycles. The van der Waals surface area contributed by atoms with Crippen molar-refractivity contribution in [3.05, 3.63) is 53.4 Å². The molecule has 0 bridgehead atoms. The summed E-state index contributed by atoms with van der Waals surface area (Å²) in [5, 5.41) is 0. The van der Waals surface area contributed by atoms with E-state index in [0.717, 1.165) is 27.8 Å². The summed E-state index contributed by atoms with van der Waals surface area (Å²) in [6.07, 6.45) is -0.821. The van der Waals surface area contributed by atoms with Crippen molar-refractivity contribution in [1.82, 2.24) is 0 Å². The van der Waals surface area contributed by atoms with Crippen LogP contribution in [0.15, 0.2) is 24.3 Å². The molecule has 0 fully saturated rings. The Morgan fingerprint density at radius 2 is 1.21 bits per heavy atom. The fourth-order valence-corrected chi connectivity index (χ4v) is 4.42. The first-order chi connectivity index (χ1) is 15.3. The summed E-state index contributed by atoms with van der Waals surface area (Å²) in [5.41, 5.74) is 3.83. The lowest BCUT2D eigenvalue weighted by atomic mass is 9.80. The Balaban J connectivity index is 2.94. The molecule has 2 rings (SSSR count). The Morgan fingerprint density at radius 3 is 1.59 bits per heavy atom. The number of halogens is 2. The zero-order valence-electron chi connectivity index (χ0n) is 21.9. The molecule has 0 unspecified atom stereocenters. The number of ether oxygens (including phenoxy) is 2. The van der Waals surface area contributed by atoms with Gasteiger partial charge in [0.1, 0.15) is 18.4 Å². The summed E-state index contributed by atoms with van der Waals surface area (Å²) in [5.74, 6) is 0.992. The summed E-state index contributed by atoms with van der Waals surface area (Å²) in [4.78, 5) is 12.8. The van der Waals surface area contributed by atoms with Gasteiger partial charge in [0, 0.05) is 36.1 Å². The number of rotatable bonds is 5. The molecule has 0 amide bonds. The molecule has 0 N–H and O–H groups in total. The lowest BCUT2D eigenvalue weighted by Crippen LogP contribution is -2.27. The maximum absolute atomic E-state index is 12.8. The van der Waals surface area contributed by atoms with Crippen molar-refractivity contribution < 1.29 is 18.8 Å². The number of aryl methyl sites for hydroxylation is 2. The lowest BCUT2D eigenvalue weighted by Gasteiger charge is -2.28. The van der Waals surface area contributed by atoms with Gasteiger partial charge >= 0.3 is 6.16 Å². The summed E-state index contributed by atoms with van der Waals surface area (Å²) in [7, 11) is 0. The standard InChI is InChI=1S/C27H36Cl2O4P/c1-16-12-18(19-13-17(2)15-21(26(6,7)8)23(19)33-34(28)29)22(20(14-16)25(3,4)5)31-24(30)32-27(9,10)11/h12-15H,9H2,1-8,10-11H3/q+1. The first kappa shape index (κ1) is 28.6. The molecule has 34 heavy (non-hydrogen) atoms. The molecule has 4 nitrogen and oxygen atoms in total. The van der Waals surface area contributed by atoms with Crippen LogP contribution in [0.4, 0.5) is 4.79 Å². The molecule has 0 saturated heterocycles. The third kappa shape index (κ3) is 7.44. The fourth-order valence-electron chi connectivity index (χ4n) is 3.67. The Labute approximate surface area is 215 Å². The van der Waals surface area contributed by atoms with Gasteiger partial charge in [-0.05, 0) is 70.4 Å². The van der Waals surface area contributed by atoms with Gasteiger partial charge in [-0.1, -0.05) is 53.7 Å². The van der Waals surface area contributed by atoms with Gasteiger partial charge < -0.3 is 14.0 Å². The lowest BCUT2D eigenvalue weighted by molar-refractivity contribution is 0.0349. The minimum Gasteiger partial charge on any atom is -0.444 e. The van der Waals surface area contributed by atoms with Crippen molar-refractivity contribution in [3.8, 4) is 22.6 Å². The fraction of sp³-hybridized carbons (Fsp3) is 0.481. The highest BCUT2D eigenvalue weighted by molar-refractivity contribution is 8.00. The van der Waals surface area contributed by atoms with E-state index in [-0.39, 0.29) is 10.8 Å². The molecule has 0 atom stereocenters. The molecule has 0 aromatic heterocycles. The van der Waals surface area contributed by atoms with E-state index in [1.807, 2.05) is 32.0 Å². The summed E-state index contributed by atoms with van der Waals surface area (Å²) in [6, 6.07) is 8.08. The topological polar surface area (TPSA) is 44.8 Å². The smallest absolute Gasteiger partial charge is 0.444 e. The molecule has 7 heteroatoms. The molecule has 2 aromatic carbocycles. The van der Waals surface area contributed by atoms with Gasteiger partial charge in [-0.3, -0.25) is 0 Å². The Morgan fingerprint density at radius 1 is 0.794 bits per heavy atom. The summed E-state index contributed by atoms with van der Waals surface area (Å²) < 4.78 is 17.3. The van der Waals surface area contributed by atoms with E-state index in [1.165, 1.54) is 0 Å². The van der Waals surface area contributed by atoms with Crippen molar-refractivity contribution in [2.45, 2.75) is 85.7 Å². The van der Waals surface area contributed by atoms with Gasteiger partial charge in [0.15, 0.2) is 0 Å². The van der Waals surface area contributed by atoms with Crippen LogP contribution < -0.4 is 9.26 Å². The summed E-state index contributed by atoms with van der Waals surface area (Å²) >= 11 is 12.3. The van der Waals surface area contributed by atoms with E-state index in [9.17, 15) is 4.79 Å². The van der Waals surface area contributed by atoms with E-state index in [2.05, 4.69) is 54.5 Å². The van der Waals surface area contributed by atoms with Gasteiger partial charge in [0.2, 0.25) is 5.60 Å². The maximum Gasteiger partial charge on any atom is 0.517 e. The van der Waals surface area contributed by atoms with E-state index in [0.29, 0.717) is 17.1 Å². The largest absolute Gasteiger partial charge is 0.517 e. The van der Waals surface area contributed by atoms with E-state index >= 15 is 0 Å². The molecule has 0 radical (unpaired) electrons. The van der Waals surface area contributed by atoms with Crippen molar-refractivity contribution in [2.75, 3.05) is 0 Å². The van der Waals surface area contributed by atoms with E-state index < -0.39 is 18.6 Å². The SMILES string of the molecule is [CH2+]C(C)(C)OC(=O)Oc1c(-c2cc(C)cc(C(C)(C)C)c2OP(Cl)Cl)cc(C)cc1C(C)(C)C. The van der Waals surface area contributed by atoms with Crippen LogP contribution in [0.2, 0.25) is 0 Å². The van der Waals surface area contributed by atoms with Crippen molar-refractivity contribution in [2.24, 2.45) is 0 Å². The van der Waals surface area contributed by atoms with Gasteiger partial charge in [-0.15, -0.1) is 0 Å². The molecule has 0 aliphatic rings. The Bertz CT molecular complexity index is 1060. The second-order valence-corrected chi connectivity index (χ2v) is 14.3. The van der Waals surface area contributed by atoms with Crippen LogP contribution in [0.5, 0.6) is 11.5 Å². The number of carbonyl (C=O) groups is 1. The van der Waals surface area contributed by atoms with Crippen LogP contribution in [-0.2, 0) is 15.6 Å². The zero-order valence-corrected chi connectivity index (χ0v) is 24.3. The molecule has 0 spiro atoms. The predicted molar refractivity (Wildman–Crippen MR) is 145 cm³/mol. The molecule has 0 saturated carbocycles. The molecule has 0 aliphatic heterocycles. The van der Waals surface area contributed by atoms with Crippen molar-refractivity contribution in [1.29, 1.82) is 0 Å². The van der Waals surface area contributed by atoms with Crippen LogP contribution in [0.25, 0.3) is 11.1 Å². The quantitative estimate of drug-likeness (QED) is 0.168. The van der Waals surface area contributed by atoms with Crippen LogP contribution >= 0.6 is 29.3 Å². The Kier molecular flexibility index (Phi) is 8.56. The average molecular weight is 526 g/mol. The first-order valence-corrected chi connectivity index (χ1v) is 14.2. The van der Waals surface area contributed by atoms with Crippen LogP contribution in [0, 0.1) is 20.8 Å². The molecular formula is C27H36Cl2O4P+. The normalized spacial score (nSPS) is 12.6.